The minimum atomic E-state index is -0.533. The largest absolute Gasteiger partial charge is 0.481 e. The summed E-state index contributed by atoms with van der Waals surface area (Å²) in [6.07, 6.45) is 0. The van der Waals surface area contributed by atoms with E-state index in [1.165, 1.54) is 32.4 Å². The number of nitrogens with zero attached hydrogens (tertiary/aromatic N) is 2. The number of hydrogen-bond donors (Lipinski definition) is 1. The number of nitrogens with two attached hydrogens (primary N) is 1. The van der Waals surface area contributed by atoms with Gasteiger partial charge in [0.1, 0.15) is 0 Å². The summed E-state index contributed by atoms with van der Waals surface area (Å²) in [6.45, 7) is 0. The van der Waals surface area contributed by atoms with Gasteiger partial charge in [0.15, 0.2) is 0 Å². The normalized spacial score (nSPS) is 10.3. The number of carbonyl (C=O) groups excluding carboxylic acids is 1. The topological polar surface area (TPSA) is 87.3 Å². The van der Waals surface area contributed by atoms with Gasteiger partial charge in [0.25, 0.3) is 0 Å². The third-order valence-corrected chi connectivity index (χ3v) is 3.17. The second-order valence-corrected chi connectivity index (χ2v) is 4.80. The molecular weight excluding hydrogens is 317 g/mol. The van der Waals surface area contributed by atoms with Gasteiger partial charge in [-0.25, -0.2) is 0 Å². The van der Waals surface area contributed by atoms with E-state index in [2.05, 4.69) is 9.97 Å². The van der Waals surface area contributed by atoms with Crippen molar-refractivity contribution in [2.24, 2.45) is 0 Å². The smallest absolute Gasteiger partial charge is 0.232 e. The van der Waals surface area contributed by atoms with Crippen LogP contribution in [0, 0.1) is 0 Å². The zero-order valence-electron chi connectivity index (χ0n) is 11.2. The fourth-order valence-electron chi connectivity index (χ4n) is 1.61. The molecule has 8 heteroatoms. The van der Waals surface area contributed by atoms with Crippen LogP contribution in [0.1, 0.15) is 16.2 Å². The van der Waals surface area contributed by atoms with E-state index in [4.69, 9.17) is 38.4 Å². The van der Waals surface area contributed by atoms with Gasteiger partial charge in [-0.05, 0) is 12.1 Å². The van der Waals surface area contributed by atoms with Gasteiger partial charge in [-0.15, -0.1) is 0 Å². The molecule has 1 aromatic heterocycles. The van der Waals surface area contributed by atoms with E-state index in [0.29, 0.717) is 0 Å². The summed E-state index contributed by atoms with van der Waals surface area (Å²) >= 11 is 11.8. The summed E-state index contributed by atoms with van der Waals surface area (Å²) in [4.78, 5) is 20.4. The molecule has 0 fully saturated rings. The van der Waals surface area contributed by atoms with Crippen LogP contribution in [-0.2, 0) is 0 Å². The molecule has 0 radical (unpaired) electrons. The molecule has 2 aromatic rings. The Kier molecular flexibility index (Phi) is 4.50. The highest BCUT2D eigenvalue weighted by molar-refractivity contribution is 6.37. The van der Waals surface area contributed by atoms with Crippen LogP contribution in [0.15, 0.2) is 18.2 Å². The highest BCUT2D eigenvalue weighted by Crippen LogP contribution is 2.29. The van der Waals surface area contributed by atoms with E-state index in [1.54, 1.807) is 0 Å². The van der Waals surface area contributed by atoms with Gasteiger partial charge in [-0.3, -0.25) is 4.79 Å². The lowest BCUT2D eigenvalue weighted by Gasteiger charge is -2.08. The number of hydrogen-bond acceptors (Lipinski definition) is 6. The van der Waals surface area contributed by atoms with Gasteiger partial charge < -0.3 is 15.2 Å². The molecule has 1 heterocycles. The van der Waals surface area contributed by atoms with Crippen molar-refractivity contribution in [3.05, 3.63) is 39.6 Å². The van der Waals surface area contributed by atoms with Gasteiger partial charge in [0, 0.05) is 5.02 Å². The standard InChI is InChI=1S/C13H11Cl2N3O3/c1-20-9-5-10(21-2)18-13(17-9)12(19)7-3-6(14)4-8(15)11(7)16/h3-5H,16H2,1-2H3. The van der Waals surface area contributed by atoms with E-state index in [0.717, 1.165) is 0 Å². The van der Waals surface area contributed by atoms with Crippen molar-refractivity contribution in [1.82, 2.24) is 9.97 Å². The van der Waals surface area contributed by atoms with Gasteiger partial charge in [0.2, 0.25) is 23.4 Å². The first kappa shape index (κ1) is 15.3. The first-order valence-electron chi connectivity index (χ1n) is 5.72. The fourth-order valence-corrected chi connectivity index (χ4v) is 2.10. The summed E-state index contributed by atoms with van der Waals surface area (Å²) in [5.41, 5.74) is 6.02. The number of ether oxygens (including phenoxy) is 2. The summed E-state index contributed by atoms with van der Waals surface area (Å²) < 4.78 is 9.99. The lowest BCUT2D eigenvalue weighted by molar-refractivity contribution is 0.102. The SMILES string of the molecule is COc1cc(OC)nc(C(=O)c2cc(Cl)cc(Cl)c2N)n1. The third kappa shape index (κ3) is 3.17. The summed E-state index contributed by atoms with van der Waals surface area (Å²) in [7, 11) is 2.83. The van der Waals surface area contributed by atoms with Crippen molar-refractivity contribution in [3.8, 4) is 11.8 Å². The zero-order chi connectivity index (χ0) is 15.6. The quantitative estimate of drug-likeness (QED) is 0.686. The molecule has 21 heavy (non-hydrogen) atoms. The summed E-state index contributed by atoms with van der Waals surface area (Å²) in [6, 6.07) is 4.30. The van der Waals surface area contributed by atoms with Gasteiger partial charge in [0.05, 0.1) is 36.6 Å². The molecule has 0 saturated heterocycles. The van der Waals surface area contributed by atoms with Crippen molar-refractivity contribution in [2.45, 2.75) is 0 Å². The molecule has 110 valence electrons. The van der Waals surface area contributed by atoms with Gasteiger partial charge >= 0.3 is 0 Å². The molecular formula is C13H11Cl2N3O3. The highest BCUT2D eigenvalue weighted by atomic mass is 35.5. The number of carbonyl (C=O) groups is 1. The maximum atomic E-state index is 12.5. The van der Waals surface area contributed by atoms with Crippen LogP contribution in [0.2, 0.25) is 10.0 Å². The molecule has 0 unspecified atom stereocenters. The average Bonchev–Trinajstić information content (AvgIpc) is 2.49. The number of rotatable bonds is 4. The Bertz CT molecular complexity index is 685. The molecule has 6 nitrogen and oxygen atoms in total. The van der Waals surface area contributed by atoms with Crippen molar-refractivity contribution in [2.75, 3.05) is 20.0 Å². The molecule has 0 amide bonds. The molecule has 1 aromatic carbocycles. The van der Waals surface area contributed by atoms with Crippen LogP contribution in [0.3, 0.4) is 0 Å². The van der Waals surface area contributed by atoms with Crippen LogP contribution in [0.4, 0.5) is 5.69 Å². The Hall–Kier alpha value is -2.05. The number of aromatic nitrogens is 2. The molecule has 0 aliphatic rings. The molecule has 0 bridgehead atoms. The predicted octanol–water partition coefficient (Wildman–Crippen LogP) is 2.61. The number of benzene rings is 1. The Labute approximate surface area is 130 Å². The minimum absolute atomic E-state index is 0.108. The monoisotopic (exact) mass is 327 g/mol. The van der Waals surface area contributed by atoms with Crippen molar-refractivity contribution < 1.29 is 14.3 Å². The van der Waals surface area contributed by atoms with Crippen LogP contribution in [0.25, 0.3) is 0 Å². The van der Waals surface area contributed by atoms with Crippen LogP contribution in [-0.4, -0.2) is 30.0 Å². The van der Waals surface area contributed by atoms with Crippen LogP contribution >= 0.6 is 23.2 Å². The first-order chi connectivity index (χ1) is 9.96. The van der Waals surface area contributed by atoms with E-state index in [9.17, 15) is 4.79 Å². The Morgan fingerprint density at radius 2 is 1.67 bits per heavy atom. The molecule has 0 atom stereocenters. The summed E-state index contributed by atoms with van der Waals surface area (Å²) in [5.74, 6) is -0.279. The van der Waals surface area contributed by atoms with Crippen LogP contribution < -0.4 is 15.2 Å². The Balaban J connectivity index is 2.54. The number of methoxy groups -OCH3 is 2. The predicted molar refractivity (Wildman–Crippen MR) is 79.4 cm³/mol. The minimum Gasteiger partial charge on any atom is -0.481 e. The highest BCUT2D eigenvalue weighted by Gasteiger charge is 2.20. The second-order valence-electron chi connectivity index (χ2n) is 3.95. The molecule has 0 spiro atoms. The van der Waals surface area contributed by atoms with Crippen molar-refractivity contribution >= 4 is 34.7 Å². The molecule has 0 saturated carbocycles. The molecule has 2 rings (SSSR count). The Morgan fingerprint density at radius 3 is 2.19 bits per heavy atom. The van der Waals surface area contributed by atoms with E-state index < -0.39 is 5.78 Å². The van der Waals surface area contributed by atoms with E-state index >= 15 is 0 Å². The van der Waals surface area contributed by atoms with E-state index in [1.807, 2.05) is 0 Å². The maximum absolute atomic E-state index is 12.5. The zero-order valence-corrected chi connectivity index (χ0v) is 12.7. The molecule has 2 N–H and O–H groups in total. The van der Waals surface area contributed by atoms with Crippen molar-refractivity contribution in [1.29, 1.82) is 0 Å². The lowest BCUT2D eigenvalue weighted by atomic mass is 10.1. The number of ketones is 1. The number of anilines is 1. The molecule has 0 aliphatic carbocycles. The van der Waals surface area contributed by atoms with E-state index in [-0.39, 0.29) is 38.9 Å². The average molecular weight is 328 g/mol. The Morgan fingerprint density at radius 1 is 1.10 bits per heavy atom. The van der Waals surface area contributed by atoms with Gasteiger partial charge in [-0.2, -0.15) is 9.97 Å². The second kappa shape index (κ2) is 6.15. The van der Waals surface area contributed by atoms with Crippen molar-refractivity contribution in [3.63, 3.8) is 0 Å². The number of nitrogen functional groups attached to an aromatic ring is 1. The summed E-state index contributed by atoms with van der Waals surface area (Å²) in [5, 5.41) is 0.466. The van der Waals surface area contributed by atoms with Gasteiger partial charge in [-0.1, -0.05) is 23.2 Å². The fraction of sp³-hybridized carbons (Fsp3) is 0.154. The first-order valence-corrected chi connectivity index (χ1v) is 6.48. The number of halogens is 2. The molecule has 0 aliphatic heterocycles. The maximum Gasteiger partial charge on any atom is 0.232 e. The lowest BCUT2D eigenvalue weighted by Crippen LogP contribution is -2.11. The third-order valence-electron chi connectivity index (χ3n) is 2.64. The van der Waals surface area contributed by atoms with Crippen LogP contribution in [0.5, 0.6) is 11.8 Å².